The summed E-state index contributed by atoms with van der Waals surface area (Å²) in [6, 6.07) is 7.31. The molecule has 0 aromatic heterocycles. The van der Waals surface area contributed by atoms with Gasteiger partial charge in [-0.15, -0.1) is 0 Å². The lowest BCUT2D eigenvalue weighted by Gasteiger charge is -2.29. The normalized spacial score (nSPS) is 20.2. The smallest absolute Gasteiger partial charge is 0.163 e. The lowest BCUT2D eigenvalue weighted by molar-refractivity contribution is 0.0632. The predicted octanol–water partition coefficient (Wildman–Crippen LogP) is 1.72. The van der Waals surface area contributed by atoms with Crippen molar-refractivity contribution < 1.29 is 14.6 Å². The maximum atomic E-state index is 11.5. The zero-order chi connectivity index (χ0) is 13.7. The van der Waals surface area contributed by atoms with Crippen LogP contribution in [0.1, 0.15) is 30.1 Å². The molecule has 2 rings (SSSR count). The van der Waals surface area contributed by atoms with Gasteiger partial charge >= 0.3 is 0 Å². The van der Waals surface area contributed by atoms with Gasteiger partial charge in [0.1, 0.15) is 12.4 Å². The molecule has 1 aliphatic heterocycles. The Balaban J connectivity index is 1.84. The number of hydrogen-bond donors (Lipinski definition) is 1. The summed E-state index contributed by atoms with van der Waals surface area (Å²) in [4.78, 5) is 13.6. The fourth-order valence-corrected chi connectivity index (χ4v) is 2.40. The summed E-state index contributed by atoms with van der Waals surface area (Å²) < 4.78 is 5.69. The number of benzene rings is 1. The Morgan fingerprint density at radius 2 is 2.26 bits per heavy atom. The first-order chi connectivity index (χ1) is 9.16. The number of carbonyl (C=O) groups is 1. The van der Waals surface area contributed by atoms with Crippen molar-refractivity contribution in [3.8, 4) is 5.75 Å². The number of rotatable bonds is 5. The molecule has 0 aliphatic carbocycles. The molecule has 0 unspecified atom stereocenters. The van der Waals surface area contributed by atoms with Gasteiger partial charge < -0.3 is 9.84 Å². The standard InChI is InChI=1S/C15H21NO3/c1-12(17)14-6-2-3-7-15(14)19-10-9-16-8-4-5-13(18)11-16/h2-3,6-7,13,18H,4-5,8-11H2,1H3/t13-/m0/s1. The second-order valence-electron chi connectivity index (χ2n) is 5.00. The maximum Gasteiger partial charge on any atom is 0.163 e. The number of Topliss-reactive ketones (excluding diaryl/α,β-unsaturated/α-hetero) is 1. The van der Waals surface area contributed by atoms with E-state index in [0.717, 1.165) is 32.5 Å². The van der Waals surface area contributed by atoms with E-state index in [4.69, 9.17) is 4.74 Å². The van der Waals surface area contributed by atoms with Crippen LogP contribution in [-0.4, -0.2) is 48.1 Å². The molecule has 0 radical (unpaired) electrons. The Hall–Kier alpha value is -1.39. The third-order valence-electron chi connectivity index (χ3n) is 3.41. The number of piperidine rings is 1. The number of hydrogen-bond acceptors (Lipinski definition) is 4. The minimum absolute atomic E-state index is 0.0176. The molecule has 104 valence electrons. The summed E-state index contributed by atoms with van der Waals surface area (Å²) in [5.74, 6) is 0.663. The van der Waals surface area contributed by atoms with E-state index >= 15 is 0 Å². The third kappa shape index (κ3) is 4.04. The summed E-state index contributed by atoms with van der Waals surface area (Å²) in [7, 11) is 0. The number of ketones is 1. The Kier molecular flexibility index (Phi) is 4.93. The van der Waals surface area contributed by atoms with Gasteiger partial charge in [0.25, 0.3) is 0 Å². The van der Waals surface area contributed by atoms with Gasteiger partial charge in [-0.1, -0.05) is 12.1 Å². The minimum Gasteiger partial charge on any atom is -0.491 e. The zero-order valence-electron chi connectivity index (χ0n) is 11.3. The summed E-state index contributed by atoms with van der Waals surface area (Å²) in [5, 5.41) is 9.59. The first-order valence-corrected chi connectivity index (χ1v) is 6.80. The van der Waals surface area contributed by atoms with Crippen LogP contribution in [0.4, 0.5) is 0 Å². The van der Waals surface area contributed by atoms with Crippen LogP contribution in [-0.2, 0) is 0 Å². The molecule has 0 amide bonds. The lowest BCUT2D eigenvalue weighted by Crippen LogP contribution is -2.40. The number of likely N-dealkylation sites (tertiary alicyclic amines) is 1. The molecule has 0 bridgehead atoms. The molecule has 0 spiro atoms. The Labute approximate surface area is 114 Å². The second kappa shape index (κ2) is 6.68. The Morgan fingerprint density at radius 3 is 3.00 bits per heavy atom. The van der Waals surface area contributed by atoms with Crippen molar-refractivity contribution in [1.82, 2.24) is 4.90 Å². The van der Waals surface area contributed by atoms with Gasteiger partial charge in [-0.2, -0.15) is 0 Å². The molecule has 19 heavy (non-hydrogen) atoms. The molecule has 1 N–H and O–H groups in total. The number of ether oxygens (including phenoxy) is 1. The third-order valence-corrected chi connectivity index (χ3v) is 3.41. The molecule has 1 atom stereocenters. The molecule has 1 aromatic carbocycles. The largest absolute Gasteiger partial charge is 0.491 e. The first kappa shape index (κ1) is 14.0. The van der Waals surface area contributed by atoms with Crippen molar-refractivity contribution in [2.75, 3.05) is 26.2 Å². The van der Waals surface area contributed by atoms with E-state index in [1.165, 1.54) is 0 Å². The highest BCUT2D eigenvalue weighted by atomic mass is 16.5. The van der Waals surface area contributed by atoms with Crippen LogP contribution in [0, 0.1) is 0 Å². The summed E-state index contributed by atoms with van der Waals surface area (Å²) >= 11 is 0. The summed E-state index contributed by atoms with van der Waals surface area (Å²) in [6.45, 7) is 4.59. The van der Waals surface area contributed by atoms with Crippen LogP contribution in [0.3, 0.4) is 0 Å². The number of β-amino-alcohol motifs (C(OH)–C–C–N with tert-alkyl or cyclic N) is 1. The van der Waals surface area contributed by atoms with Crippen LogP contribution in [0.25, 0.3) is 0 Å². The van der Waals surface area contributed by atoms with E-state index in [-0.39, 0.29) is 11.9 Å². The average Bonchev–Trinajstić information content (AvgIpc) is 2.39. The number of para-hydroxylation sites is 1. The van der Waals surface area contributed by atoms with Gasteiger partial charge in [0.05, 0.1) is 11.7 Å². The molecule has 0 saturated carbocycles. The van der Waals surface area contributed by atoms with Crippen LogP contribution in [0.15, 0.2) is 24.3 Å². The van der Waals surface area contributed by atoms with Gasteiger partial charge in [-0.25, -0.2) is 0 Å². The van der Waals surface area contributed by atoms with Crippen LogP contribution in [0.5, 0.6) is 5.75 Å². The number of aliphatic hydroxyl groups is 1. The highest BCUT2D eigenvalue weighted by Crippen LogP contribution is 2.18. The first-order valence-electron chi connectivity index (χ1n) is 6.80. The fourth-order valence-electron chi connectivity index (χ4n) is 2.40. The number of nitrogens with zero attached hydrogens (tertiary/aromatic N) is 1. The molecule has 1 heterocycles. The van der Waals surface area contributed by atoms with E-state index in [1.807, 2.05) is 18.2 Å². The Morgan fingerprint density at radius 1 is 1.47 bits per heavy atom. The van der Waals surface area contributed by atoms with E-state index in [2.05, 4.69) is 4.90 Å². The van der Waals surface area contributed by atoms with E-state index in [0.29, 0.717) is 17.9 Å². The van der Waals surface area contributed by atoms with Crippen molar-refractivity contribution >= 4 is 5.78 Å². The van der Waals surface area contributed by atoms with Crippen molar-refractivity contribution in [3.63, 3.8) is 0 Å². The van der Waals surface area contributed by atoms with Crippen molar-refractivity contribution in [3.05, 3.63) is 29.8 Å². The molecular weight excluding hydrogens is 242 g/mol. The second-order valence-corrected chi connectivity index (χ2v) is 5.00. The van der Waals surface area contributed by atoms with Gasteiger partial charge in [0.15, 0.2) is 5.78 Å². The van der Waals surface area contributed by atoms with Gasteiger partial charge in [-0.3, -0.25) is 9.69 Å². The summed E-state index contributed by atoms with van der Waals surface area (Å²) in [6.07, 6.45) is 1.72. The number of aliphatic hydroxyl groups excluding tert-OH is 1. The van der Waals surface area contributed by atoms with E-state index < -0.39 is 0 Å². The van der Waals surface area contributed by atoms with E-state index in [1.54, 1.807) is 13.0 Å². The van der Waals surface area contributed by atoms with Crippen molar-refractivity contribution in [1.29, 1.82) is 0 Å². The number of carbonyl (C=O) groups excluding carboxylic acids is 1. The molecule has 4 nitrogen and oxygen atoms in total. The molecule has 1 saturated heterocycles. The Bertz CT molecular complexity index is 433. The summed E-state index contributed by atoms with van der Waals surface area (Å²) in [5.41, 5.74) is 0.626. The lowest BCUT2D eigenvalue weighted by atomic mass is 10.1. The highest BCUT2D eigenvalue weighted by Gasteiger charge is 2.17. The van der Waals surface area contributed by atoms with Gasteiger partial charge in [0.2, 0.25) is 0 Å². The SMILES string of the molecule is CC(=O)c1ccccc1OCCN1CCC[C@H](O)C1. The minimum atomic E-state index is -0.210. The highest BCUT2D eigenvalue weighted by molar-refractivity contribution is 5.96. The van der Waals surface area contributed by atoms with E-state index in [9.17, 15) is 9.90 Å². The quantitative estimate of drug-likeness (QED) is 0.822. The molecule has 1 aromatic rings. The van der Waals surface area contributed by atoms with Crippen molar-refractivity contribution in [2.45, 2.75) is 25.9 Å². The fraction of sp³-hybridized carbons (Fsp3) is 0.533. The topological polar surface area (TPSA) is 49.8 Å². The zero-order valence-corrected chi connectivity index (χ0v) is 11.3. The van der Waals surface area contributed by atoms with Gasteiger partial charge in [0, 0.05) is 13.1 Å². The van der Waals surface area contributed by atoms with Crippen LogP contribution >= 0.6 is 0 Å². The molecule has 4 heteroatoms. The average molecular weight is 263 g/mol. The van der Waals surface area contributed by atoms with Crippen LogP contribution < -0.4 is 4.74 Å². The molecule has 1 fully saturated rings. The monoisotopic (exact) mass is 263 g/mol. The van der Waals surface area contributed by atoms with Crippen molar-refractivity contribution in [2.24, 2.45) is 0 Å². The predicted molar refractivity (Wildman–Crippen MR) is 73.6 cm³/mol. The maximum absolute atomic E-state index is 11.5. The van der Waals surface area contributed by atoms with Crippen LogP contribution in [0.2, 0.25) is 0 Å². The molecule has 1 aliphatic rings. The molecular formula is C15H21NO3. The van der Waals surface area contributed by atoms with Gasteiger partial charge in [-0.05, 0) is 38.4 Å².